The lowest BCUT2D eigenvalue weighted by atomic mass is 10.1. The van der Waals surface area contributed by atoms with Gasteiger partial charge in [-0.25, -0.2) is 0 Å². The first-order chi connectivity index (χ1) is 5.34. The zero-order chi connectivity index (χ0) is 8.10. The molecule has 1 nitrogen and oxygen atoms in total. The van der Waals surface area contributed by atoms with Crippen molar-refractivity contribution in [2.45, 2.75) is 13.0 Å². The summed E-state index contributed by atoms with van der Waals surface area (Å²) in [5.74, 6) is 0. The molecule has 2 heteroatoms. The molecule has 0 amide bonds. The third-order valence-corrected chi connectivity index (χ3v) is 1.99. The quantitative estimate of drug-likeness (QED) is 0.641. The molecule has 11 heavy (non-hydrogen) atoms. The largest absolute Gasteiger partial charge is 0.308 e. The van der Waals surface area contributed by atoms with Gasteiger partial charge >= 0.3 is 0 Å². The lowest BCUT2D eigenvalue weighted by molar-refractivity contribution is 0.274. The number of benzene rings is 1. The maximum atomic E-state index is 5.34. The van der Waals surface area contributed by atoms with E-state index < -0.39 is 0 Å². The predicted molar refractivity (Wildman–Crippen MR) is 49.5 cm³/mol. The van der Waals surface area contributed by atoms with E-state index in [0.717, 1.165) is 0 Å². The van der Waals surface area contributed by atoms with Crippen LogP contribution in [0.2, 0.25) is 0 Å². The van der Waals surface area contributed by atoms with Gasteiger partial charge in [0.2, 0.25) is 0 Å². The second-order valence-corrected chi connectivity index (χ2v) is 2.84. The molecule has 1 aromatic carbocycles. The Morgan fingerprint density at radius 2 is 1.91 bits per heavy atom. The Kier molecular flexibility index (Phi) is 3.46. The first-order valence-electron chi connectivity index (χ1n) is 3.59. The van der Waals surface area contributed by atoms with E-state index in [-0.39, 0.29) is 6.10 Å². The topological polar surface area (TPSA) is 9.23 Å². The number of rotatable bonds is 3. The van der Waals surface area contributed by atoms with Crippen molar-refractivity contribution in [1.29, 1.82) is 0 Å². The van der Waals surface area contributed by atoms with E-state index in [0.29, 0.717) is 0 Å². The van der Waals surface area contributed by atoms with Gasteiger partial charge in [-0.1, -0.05) is 30.3 Å². The molecule has 1 atom stereocenters. The first-order valence-corrected chi connectivity index (χ1v) is 4.74. The molecule has 0 aliphatic rings. The van der Waals surface area contributed by atoms with Crippen molar-refractivity contribution in [3.8, 4) is 0 Å². The Bertz CT molecular complexity index is 198. The van der Waals surface area contributed by atoms with Crippen LogP contribution < -0.4 is 0 Å². The van der Waals surface area contributed by atoms with Gasteiger partial charge in [-0.2, -0.15) is 0 Å². The normalized spacial score (nSPS) is 12.9. The molecule has 1 rings (SSSR count). The summed E-state index contributed by atoms with van der Waals surface area (Å²) in [6.45, 7) is 2.05. The summed E-state index contributed by atoms with van der Waals surface area (Å²) in [6.07, 6.45) is 2.12. The van der Waals surface area contributed by atoms with Gasteiger partial charge in [0.25, 0.3) is 0 Å². The van der Waals surface area contributed by atoms with Crippen LogP contribution in [-0.4, -0.2) is 6.26 Å². The van der Waals surface area contributed by atoms with Crippen LogP contribution in [0.25, 0.3) is 0 Å². The summed E-state index contributed by atoms with van der Waals surface area (Å²) < 4.78 is 5.34. The fraction of sp³-hybridized carbons (Fsp3) is 0.333. The van der Waals surface area contributed by atoms with Gasteiger partial charge in [-0.15, -0.1) is 0 Å². The van der Waals surface area contributed by atoms with E-state index in [1.54, 1.807) is 0 Å². The maximum absolute atomic E-state index is 5.34. The van der Waals surface area contributed by atoms with Crippen LogP contribution in [0.15, 0.2) is 30.3 Å². The number of hydrogen-bond acceptors (Lipinski definition) is 2. The first kappa shape index (κ1) is 8.62. The molecule has 60 valence electrons. The van der Waals surface area contributed by atoms with E-state index in [9.17, 15) is 0 Å². The van der Waals surface area contributed by atoms with Crippen molar-refractivity contribution in [2.24, 2.45) is 0 Å². The van der Waals surface area contributed by atoms with Gasteiger partial charge in [0.1, 0.15) is 0 Å². The fourth-order valence-corrected chi connectivity index (χ4v) is 1.32. The lowest BCUT2D eigenvalue weighted by Gasteiger charge is -2.09. The van der Waals surface area contributed by atoms with Gasteiger partial charge in [0.15, 0.2) is 0 Å². The van der Waals surface area contributed by atoms with E-state index in [2.05, 4.69) is 12.1 Å². The Hall–Kier alpha value is -0.470. The fourth-order valence-electron chi connectivity index (χ4n) is 0.924. The Morgan fingerprint density at radius 3 is 2.45 bits per heavy atom. The molecule has 1 aromatic rings. The summed E-state index contributed by atoms with van der Waals surface area (Å²) in [6, 6.07) is 10.2. The predicted octanol–water partition coefficient (Wildman–Crippen LogP) is 3.04. The van der Waals surface area contributed by atoms with Crippen LogP contribution in [0.4, 0.5) is 0 Å². The van der Waals surface area contributed by atoms with Crippen LogP contribution in [0.3, 0.4) is 0 Å². The Morgan fingerprint density at radius 1 is 1.27 bits per heavy atom. The third kappa shape index (κ3) is 2.56. The van der Waals surface area contributed by atoms with Crippen molar-refractivity contribution in [3.05, 3.63) is 35.9 Å². The molecule has 0 saturated carbocycles. The Labute approximate surface area is 72.0 Å². The van der Waals surface area contributed by atoms with Crippen LogP contribution in [0, 0.1) is 0 Å². The molecule has 0 heterocycles. The zero-order valence-corrected chi connectivity index (χ0v) is 7.60. The van der Waals surface area contributed by atoms with E-state index >= 15 is 0 Å². The van der Waals surface area contributed by atoms with Gasteiger partial charge in [0, 0.05) is 6.26 Å². The zero-order valence-electron chi connectivity index (χ0n) is 6.78. The Balaban J connectivity index is 2.61. The molecule has 0 radical (unpaired) electrons. The lowest BCUT2D eigenvalue weighted by Crippen LogP contribution is -1.92. The molecular formula is C9H12OS. The molecule has 0 fully saturated rings. The van der Waals surface area contributed by atoms with Crippen LogP contribution in [-0.2, 0) is 4.18 Å². The van der Waals surface area contributed by atoms with E-state index in [4.69, 9.17) is 4.18 Å². The van der Waals surface area contributed by atoms with Crippen LogP contribution in [0.5, 0.6) is 0 Å². The average molecular weight is 168 g/mol. The molecule has 0 saturated heterocycles. The third-order valence-electron chi connectivity index (χ3n) is 1.51. The summed E-state index contributed by atoms with van der Waals surface area (Å²) in [5, 5.41) is 0. The minimum Gasteiger partial charge on any atom is -0.308 e. The van der Waals surface area contributed by atoms with Crippen LogP contribution >= 0.6 is 12.0 Å². The van der Waals surface area contributed by atoms with Crippen molar-refractivity contribution < 1.29 is 4.18 Å². The highest BCUT2D eigenvalue weighted by Crippen LogP contribution is 2.19. The molecule has 0 aliphatic carbocycles. The van der Waals surface area contributed by atoms with Crippen molar-refractivity contribution in [2.75, 3.05) is 6.26 Å². The second kappa shape index (κ2) is 4.42. The smallest absolute Gasteiger partial charge is 0.0943 e. The van der Waals surface area contributed by atoms with Gasteiger partial charge in [0.05, 0.1) is 6.10 Å². The van der Waals surface area contributed by atoms with Gasteiger partial charge in [-0.3, -0.25) is 0 Å². The van der Waals surface area contributed by atoms with E-state index in [1.807, 2.05) is 31.4 Å². The van der Waals surface area contributed by atoms with Crippen molar-refractivity contribution in [3.63, 3.8) is 0 Å². The molecular weight excluding hydrogens is 156 g/mol. The summed E-state index contributed by atoms with van der Waals surface area (Å²) in [4.78, 5) is 0. The summed E-state index contributed by atoms with van der Waals surface area (Å²) >= 11 is 1.40. The second-order valence-electron chi connectivity index (χ2n) is 2.32. The molecule has 0 spiro atoms. The van der Waals surface area contributed by atoms with Gasteiger partial charge < -0.3 is 4.18 Å². The molecule has 0 bridgehead atoms. The highest BCUT2D eigenvalue weighted by molar-refractivity contribution is 7.93. The van der Waals surface area contributed by atoms with Gasteiger partial charge in [-0.05, 0) is 24.5 Å². The molecule has 1 unspecified atom stereocenters. The van der Waals surface area contributed by atoms with E-state index in [1.165, 1.54) is 17.6 Å². The van der Waals surface area contributed by atoms with Crippen LogP contribution in [0.1, 0.15) is 18.6 Å². The standard InChI is InChI=1S/C9H12OS/c1-8(10-11-2)9-6-4-3-5-7-9/h3-8H,1-2H3. The molecule has 0 N–H and O–H groups in total. The summed E-state index contributed by atoms with van der Waals surface area (Å²) in [5.41, 5.74) is 1.22. The monoisotopic (exact) mass is 168 g/mol. The highest BCUT2D eigenvalue weighted by atomic mass is 32.2. The SMILES string of the molecule is CSOC(C)c1ccccc1. The summed E-state index contributed by atoms with van der Waals surface area (Å²) in [7, 11) is 0. The number of hydrogen-bond donors (Lipinski definition) is 0. The highest BCUT2D eigenvalue weighted by Gasteiger charge is 2.02. The van der Waals surface area contributed by atoms with Crippen molar-refractivity contribution >= 4 is 12.0 Å². The maximum Gasteiger partial charge on any atom is 0.0943 e. The average Bonchev–Trinajstić information content (AvgIpc) is 2.07. The minimum absolute atomic E-state index is 0.186. The molecule has 0 aromatic heterocycles. The molecule has 0 aliphatic heterocycles. The van der Waals surface area contributed by atoms with Crippen molar-refractivity contribution in [1.82, 2.24) is 0 Å². The minimum atomic E-state index is 0.186.